The van der Waals surface area contributed by atoms with Crippen LogP contribution in [0.3, 0.4) is 0 Å². The minimum Gasteiger partial charge on any atom is -0.480 e. The highest BCUT2D eigenvalue weighted by atomic mass is 16.4. The number of amides is 1. The normalized spacial score (nSPS) is 24.5. The van der Waals surface area contributed by atoms with Gasteiger partial charge in [-0.2, -0.15) is 0 Å². The number of hydrogen-bond acceptors (Lipinski definition) is 3. The number of nitrogens with zero attached hydrogens (tertiary/aromatic N) is 1. The maximum Gasteiger partial charge on any atom is 0.326 e. The lowest BCUT2D eigenvalue weighted by Crippen LogP contribution is -2.47. The Morgan fingerprint density at radius 1 is 1.62 bits per heavy atom. The zero-order chi connectivity index (χ0) is 10.0. The Kier molecular flexibility index (Phi) is 2.87. The van der Waals surface area contributed by atoms with Crippen molar-refractivity contribution in [1.29, 1.82) is 0 Å². The maximum atomic E-state index is 11.4. The topological polar surface area (TPSA) is 83.6 Å². The molecule has 0 aromatic rings. The van der Waals surface area contributed by atoms with Gasteiger partial charge in [0.15, 0.2) is 0 Å². The largest absolute Gasteiger partial charge is 0.480 e. The zero-order valence-electron chi connectivity index (χ0n) is 7.56. The van der Waals surface area contributed by atoms with Gasteiger partial charge in [-0.3, -0.25) is 4.79 Å². The molecule has 2 atom stereocenters. The summed E-state index contributed by atoms with van der Waals surface area (Å²) in [5.74, 6) is -1.21. The highest BCUT2D eigenvalue weighted by Crippen LogP contribution is 2.17. The summed E-state index contributed by atoms with van der Waals surface area (Å²) in [7, 11) is 0. The second kappa shape index (κ2) is 3.74. The maximum absolute atomic E-state index is 11.4. The molecular formula is C8H14N2O3. The Bertz CT molecular complexity index is 227. The van der Waals surface area contributed by atoms with E-state index >= 15 is 0 Å². The van der Waals surface area contributed by atoms with Crippen molar-refractivity contribution >= 4 is 11.9 Å². The van der Waals surface area contributed by atoms with Gasteiger partial charge >= 0.3 is 5.97 Å². The lowest BCUT2D eigenvalue weighted by Gasteiger charge is -2.22. The number of aliphatic carboxylic acids is 1. The van der Waals surface area contributed by atoms with Crippen LogP contribution in [0.2, 0.25) is 0 Å². The fraction of sp³-hybridized carbons (Fsp3) is 0.750. The molecule has 0 radical (unpaired) electrons. The molecule has 1 aliphatic rings. The summed E-state index contributed by atoms with van der Waals surface area (Å²) in [5.41, 5.74) is 5.39. The number of carboxylic acids is 1. The molecule has 74 valence electrons. The average Bonchev–Trinajstić information content (AvgIpc) is 2.50. The second-order valence-corrected chi connectivity index (χ2v) is 3.32. The number of carboxylic acid groups (broad SMARTS) is 1. The molecule has 5 nitrogen and oxygen atoms in total. The standard InChI is InChI=1S/C8H14N2O3/c1-5(9)7(11)10-4-2-3-6(10)8(12)13/h5-6H,2-4,9H2,1H3,(H,12,13)/t5?,6-/m0/s1. The molecule has 0 bridgehead atoms. The molecule has 1 rings (SSSR count). The summed E-state index contributed by atoms with van der Waals surface area (Å²) in [6.07, 6.45) is 1.28. The Labute approximate surface area is 76.5 Å². The molecule has 5 heteroatoms. The Morgan fingerprint density at radius 2 is 2.23 bits per heavy atom. The first kappa shape index (κ1) is 9.98. The van der Waals surface area contributed by atoms with Crippen molar-refractivity contribution in [3.63, 3.8) is 0 Å². The first-order valence-electron chi connectivity index (χ1n) is 4.33. The molecule has 1 saturated heterocycles. The van der Waals surface area contributed by atoms with E-state index in [0.29, 0.717) is 13.0 Å². The molecule has 1 heterocycles. The third-order valence-electron chi connectivity index (χ3n) is 2.21. The fourth-order valence-corrected chi connectivity index (χ4v) is 1.55. The van der Waals surface area contributed by atoms with E-state index in [9.17, 15) is 9.59 Å². The van der Waals surface area contributed by atoms with Gasteiger partial charge in [0.1, 0.15) is 6.04 Å². The minimum atomic E-state index is -0.938. The molecule has 0 aromatic carbocycles. The van der Waals surface area contributed by atoms with Crippen LogP contribution in [0.15, 0.2) is 0 Å². The average molecular weight is 186 g/mol. The first-order chi connectivity index (χ1) is 6.04. The minimum absolute atomic E-state index is 0.273. The van der Waals surface area contributed by atoms with Gasteiger partial charge in [0.05, 0.1) is 6.04 Å². The van der Waals surface area contributed by atoms with E-state index in [1.165, 1.54) is 4.90 Å². The molecule has 1 aliphatic heterocycles. The van der Waals surface area contributed by atoms with E-state index in [0.717, 1.165) is 6.42 Å². The number of hydrogen-bond donors (Lipinski definition) is 2. The molecule has 0 saturated carbocycles. The van der Waals surface area contributed by atoms with Gasteiger partial charge in [-0.25, -0.2) is 4.79 Å². The van der Waals surface area contributed by atoms with E-state index in [2.05, 4.69) is 0 Å². The van der Waals surface area contributed by atoms with Gasteiger partial charge in [0.25, 0.3) is 0 Å². The van der Waals surface area contributed by atoms with Gasteiger partial charge in [-0.15, -0.1) is 0 Å². The highest BCUT2D eigenvalue weighted by Gasteiger charge is 2.34. The van der Waals surface area contributed by atoms with Crippen LogP contribution >= 0.6 is 0 Å². The van der Waals surface area contributed by atoms with Gasteiger partial charge in [0.2, 0.25) is 5.91 Å². The van der Waals surface area contributed by atoms with Crippen molar-refractivity contribution in [2.45, 2.75) is 31.8 Å². The van der Waals surface area contributed by atoms with Crippen LogP contribution in [0.4, 0.5) is 0 Å². The quantitative estimate of drug-likeness (QED) is 0.603. The number of carbonyl (C=O) groups excluding carboxylic acids is 1. The third-order valence-corrected chi connectivity index (χ3v) is 2.21. The molecule has 0 aliphatic carbocycles. The predicted molar refractivity (Wildman–Crippen MR) is 46.0 cm³/mol. The smallest absolute Gasteiger partial charge is 0.326 e. The van der Waals surface area contributed by atoms with Crippen molar-refractivity contribution in [2.24, 2.45) is 5.73 Å². The highest BCUT2D eigenvalue weighted by molar-refractivity contribution is 5.87. The van der Waals surface area contributed by atoms with Crippen molar-refractivity contribution in [1.82, 2.24) is 4.90 Å². The van der Waals surface area contributed by atoms with E-state index in [-0.39, 0.29) is 5.91 Å². The SMILES string of the molecule is CC(N)C(=O)N1CCC[C@H]1C(=O)O. The van der Waals surface area contributed by atoms with E-state index in [4.69, 9.17) is 10.8 Å². The van der Waals surface area contributed by atoms with Crippen LogP contribution in [0.5, 0.6) is 0 Å². The lowest BCUT2D eigenvalue weighted by atomic mass is 10.2. The Hall–Kier alpha value is -1.10. The Balaban J connectivity index is 2.68. The summed E-state index contributed by atoms with van der Waals surface area (Å²) in [6.45, 7) is 2.08. The molecule has 0 aromatic heterocycles. The number of likely N-dealkylation sites (tertiary alicyclic amines) is 1. The number of carbonyl (C=O) groups is 2. The first-order valence-corrected chi connectivity index (χ1v) is 4.33. The monoisotopic (exact) mass is 186 g/mol. The predicted octanol–water partition coefficient (Wildman–Crippen LogP) is -0.591. The van der Waals surface area contributed by atoms with Crippen LogP contribution in [-0.2, 0) is 9.59 Å². The summed E-state index contributed by atoms with van der Waals surface area (Å²) >= 11 is 0. The molecule has 13 heavy (non-hydrogen) atoms. The van der Waals surface area contributed by atoms with Crippen LogP contribution in [0.1, 0.15) is 19.8 Å². The summed E-state index contributed by atoms with van der Waals surface area (Å²) in [4.78, 5) is 23.5. The lowest BCUT2D eigenvalue weighted by molar-refractivity contribution is -0.148. The van der Waals surface area contributed by atoms with Gasteiger partial charge in [-0.1, -0.05) is 0 Å². The third kappa shape index (κ3) is 1.98. The molecule has 0 spiro atoms. The summed E-state index contributed by atoms with van der Waals surface area (Å²) < 4.78 is 0. The van der Waals surface area contributed by atoms with Crippen molar-refractivity contribution in [3.8, 4) is 0 Å². The fourth-order valence-electron chi connectivity index (χ4n) is 1.55. The van der Waals surface area contributed by atoms with Crippen molar-refractivity contribution in [2.75, 3.05) is 6.54 Å². The van der Waals surface area contributed by atoms with Crippen LogP contribution in [-0.4, -0.2) is 40.5 Å². The van der Waals surface area contributed by atoms with E-state index in [1.54, 1.807) is 6.92 Å². The number of rotatable bonds is 2. The van der Waals surface area contributed by atoms with Gasteiger partial charge < -0.3 is 15.7 Å². The summed E-state index contributed by atoms with van der Waals surface area (Å²) in [5, 5.41) is 8.78. The molecule has 3 N–H and O–H groups in total. The Morgan fingerprint density at radius 3 is 2.69 bits per heavy atom. The van der Waals surface area contributed by atoms with E-state index in [1.807, 2.05) is 0 Å². The van der Waals surface area contributed by atoms with Crippen molar-refractivity contribution < 1.29 is 14.7 Å². The zero-order valence-corrected chi connectivity index (χ0v) is 7.56. The molecule has 1 amide bonds. The second-order valence-electron chi connectivity index (χ2n) is 3.32. The van der Waals surface area contributed by atoms with Crippen LogP contribution in [0, 0.1) is 0 Å². The van der Waals surface area contributed by atoms with Crippen molar-refractivity contribution in [3.05, 3.63) is 0 Å². The molecule has 1 unspecified atom stereocenters. The number of nitrogens with two attached hydrogens (primary N) is 1. The van der Waals surface area contributed by atoms with Crippen LogP contribution in [0.25, 0.3) is 0 Å². The van der Waals surface area contributed by atoms with Gasteiger partial charge in [0, 0.05) is 6.54 Å². The molecule has 1 fully saturated rings. The van der Waals surface area contributed by atoms with E-state index < -0.39 is 18.1 Å². The molecular weight excluding hydrogens is 172 g/mol. The van der Waals surface area contributed by atoms with Gasteiger partial charge in [-0.05, 0) is 19.8 Å². The summed E-state index contributed by atoms with van der Waals surface area (Å²) in [6, 6.07) is -1.28. The van der Waals surface area contributed by atoms with Crippen LogP contribution < -0.4 is 5.73 Å².